The van der Waals surface area contributed by atoms with Crippen molar-refractivity contribution in [3.8, 4) is 0 Å². The van der Waals surface area contributed by atoms with E-state index in [9.17, 15) is 0 Å². The van der Waals surface area contributed by atoms with E-state index in [1.807, 2.05) is 6.07 Å². The van der Waals surface area contributed by atoms with Gasteiger partial charge in [0, 0.05) is 12.1 Å². The lowest BCUT2D eigenvalue weighted by Gasteiger charge is -2.44. The Kier molecular flexibility index (Phi) is 3.71. The van der Waals surface area contributed by atoms with E-state index in [-0.39, 0.29) is 0 Å². The van der Waals surface area contributed by atoms with Gasteiger partial charge < -0.3 is 9.73 Å². The normalized spacial score (nSPS) is 27.4. The molecule has 2 unspecified atom stereocenters. The second-order valence-corrected chi connectivity index (χ2v) is 5.70. The third-order valence-corrected chi connectivity index (χ3v) is 4.39. The Bertz CT molecular complexity index is 359. The Morgan fingerprint density at radius 3 is 2.78 bits per heavy atom. The van der Waals surface area contributed by atoms with Crippen molar-refractivity contribution < 1.29 is 4.42 Å². The lowest BCUT2D eigenvalue weighted by Crippen LogP contribution is -2.51. The fourth-order valence-corrected chi connectivity index (χ4v) is 3.06. The predicted octanol–water partition coefficient (Wildman–Crippen LogP) is 2.63. The van der Waals surface area contributed by atoms with Crippen LogP contribution < -0.4 is 5.32 Å². The van der Waals surface area contributed by atoms with E-state index in [1.165, 1.54) is 32.2 Å². The fourth-order valence-electron chi connectivity index (χ4n) is 3.06. The van der Waals surface area contributed by atoms with Crippen molar-refractivity contribution in [1.82, 2.24) is 10.2 Å². The average molecular weight is 248 g/mol. The smallest absolute Gasteiger partial charge is 0.117 e. The molecule has 2 atom stereocenters. The summed E-state index contributed by atoms with van der Waals surface area (Å²) in [6.45, 7) is 5.47. The van der Waals surface area contributed by atoms with Crippen LogP contribution in [0.5, 0.6) is 0 Å². The SMILES string of the molecule is CCNCC1CCC1N(Cc1ccco1)C1CC1. The van der Waals surface area contributed by atoms with Gasteiger partial charge in [-0.2, -0.15) is 0 Å². The summed E-state index contributed by atoms with van der Waals surface area (Å²) >= 11 is 0. The molecule has 18 heavy (non-hydrogen) atoms. The fraction of sp³-hybridized carbons (Fsp3) is 0.733. The minimum absolute atomic E-state index is 0.779. The molecule has 0 amide bonds. The summed E-state index contributed by atoms with van der Waals surface area (Å²) in [5.74, 6) is 1.97. The van der Waals surface area contributed by atoms with E-state index in [0.29, 0.717) is 0 Å². The first kappa shape index (κ1) is 12.2. The first-order valence-electron chi connectivity index (χ1n) is 7.37. The third kappa shape index (κ3) is 2.62. The molecule has 0 bridgehead atoms. The maximum Gasteiger partial charge on any atom is 0.117 e. The summed E-state index contributed by atoms with van der Waals surface area (Å²) in [5.41, 5.74) is 0. The van der Waals surface area contributed by atoms with Crippen LogP contribution in [0.15, 0.2) is 22.8 Å². The number of nitrogens with zero attached hydrogens (tertiary/aromatic N) is 1. The number of hydrogen-bond acceptors (Lipinski definition) is 3. The van der Waals surface area contributed by atoms with Crippen molar-refractivity contribution in [2.45, 2.75) is 51.2 Å². The molecular formula is C15H24N2O. The lowest BCUT2D eigenvalue weighted by atomic mass is 9.78. The molecule has 3 heteroatoms. The van der Waals surface area contributed by atoms with Crippen molar-refractivity contribution in [3.05, 3.63) is 24.2 Å². The van der Waals surface area contributed by atoms with E-state index in [1.54, 1.807) is 6.26 Å². The molecule has 0 spiro atoms. The van der Waals surface area contributed by atoms with Gasteiger partial charge in [0.25, 0.3) is 0 Å². The molecular weight excluding hydrogens is 224 g/mol. The molecule has 1 heterocycles. The van der Waals surface area contributed by atoms with Crippen LogP contribution in [0.3, 0.4) is 0 Å². The monoisotopic (exact) mass is 248 g/mol. The van der Waals surface area contributed by atoms with Crippen molar-refractivity contribution in [1.29, 1.82) is 0 Å². The standard InChI is InChI=1S/C15H24N2O/c1-2-16-10-12-5-8-15(12)17(13-6-7-13)11-14-4-3-9-18-14/h3-4,9,12-13,15-16H,2,5-8,10-11H2,1H3. The minimum Gasteiger partial charge on any atom is -0.468 e. The quantitative estimate of drug-likeness (QED) is 0.804. The third-order valence-electron chi connectivity index (χ3n) is 4.39. The molecule has 1 N–H and O–H groups in total. The molecule has 0 radical (unpaired) electrons. The highest BCUT2D eigenvalue weighted by atomic mass is 16.3. The highest BCUT2D eigenvalue weighted by molar-refractivity contribution is 5.03. The van der Waals surface area contributed by atoms with E-state index in [2.05, 4.69) is 23.2 Å². The molecule has 0 aliphatic heterocycles. The minimum atomic E-state index is 0.779. The number of furan rings is 1. The van der Waals surface area contributed by atoms with Crippen molar-refractivity contribution in [2.75, 3.05) is 13.1 Å². The van der Waals surface area contributed by atoms with E-state index >= 15 is 0 Å². The highest BCUT2D eigenvalue weighted by Crippen LogP contribution is 2.39. The van der Waals surface area contributed by atoms with Gasteiger partial charge in [-0.25, -0.2) is 0 Å². The van der Waals surface area contributed by atoms with Gasteiger partial charge in [-0.1, -0.05) is 6.92 Å². The zero-order valence-electron chi connectivity index (χ0n) is 11.3. The van der Waals surface area contributed by atoms with Gasteiger partial charge >= 0.3 is 0 Å². The van der Waals surface area contributed by atoms with Crippen LogP contribution in [-0.2, 0) is 6.54 Å². The van der Waals surface area contributed by atoms with Gasteiger partial charge in [0.2, 0.25) is 0 Å². The van der Waals surface area contributed by atoms with Gasteiger partial charge in [-0.15, -0.1) is 0 Å². The Morgan fingerprint density at radius 1 is 1.33 bits per heavy atom. The van der Waals surface area contributed by atoms with Crippen molar-refractivity contribution >= 4 is 0 Å². The van der Waals surface area contributed by atoms with E-state index in [4.69, 9.17) is 4.42 Å². The van der Waals surface area contributed by atoms with Crippen LogP contribution in [0.25, 0.3) is 0 Å². The predicted molar refractivity (Wildman–Crippen MR) is 72.3 cm³/mol. The van der Waals surface area contributed by atoms with Gasteiger partial charge in [-0.3, -0.25) is 4.90 Å². The molecule has 3 rings (SSSR count). The van der Waals surface area contributed by atoms with Crippen LogP contribution in [0, 0.1) is 5.92 Å². The van der Waals surface area contributed by atoms with Crippen LogP contribution in [-0.4, -0.2) is 30.1 Å². The zero-order valence-corrected chi connectivity index (χ0v) is 11.3. The maximum atomic E-state index is 5.52. The van der Waals surface area contributed by atoms with Gasteiger partial charge in [0.1, 0.15) is 5.76 Å². The summed E-state index contributed by atoms with van der Waals surface area (Å²) in [4.78, 5) is 2.70. The van der Waals surface area contributed by atoms with Crippen LogP contribution in [0.4, 0.5) is 0 Å². The van der Waals surface area contributed by atoms with Crippen molar-refractivity contribution in [2.24, 2.45) is 5.92 Å². The van der Waals surface area contributed by atoms with Crippen LogP contribution in [0.1, 0.15) is 38.4 Å². The topological polar surface area (TPSA) is 28.4 Å². The summed E-state index contributed by atoms with van der Waals surface area (Å²) in [6, 6.07) is 5.70. The second-order valence-electron chi connectivity index (χ2n) is 5.70. The first-order valence-corrected chi connectivity index (χ1v) is 7.37. The van der Waals surface area contributed by atoms with Crippen molar-refractivity contribution in [3.63, 3.8) is 0 Å². The summed E-state index contributed by atoms with van der Waals surface area (Å²) in [5, 5.41) is 3.50. The molecule has 1 aromatic rings. The van der Waals surface area contributed by atoms with E-state index < -0.39 is 0 Å². The lowest BCUT2D eigenvalue weighted by molar-refractivity contribution is 0.0436. The number of hydrogen-bond donors (Lipinski definition) is 1. The Hall–Kier alpha value is -0.800. The number of rotatable bonds is 7. The molecule has 0 saturated heterocycles. The second kappa shape index (κ2) is 5.45. The van der Waals surface area contributed by atoms with Crippen LogP contribution in [0.2, 0.25) is 0 Å². The Balaban J connectivity index is 1.59. The molecule has 2 fully saturated rings. The maximum absolute atomic E-state index is 5.52. The Morgan fingerprint density at radius 2 is 2.22 bits per heavy atom. The van der Waals surface area contributed by atoms with E-state index in [0.717, 1.165) is 36.9 Å². The molecule has 2 aliphatic rings. The molecule has 2 aliphatic carbocycles. The largest absolute Gasteiger partial charge is 0.468 e. The molecule has 1 aromatic heterocycles. The summed E-state index contributed by atoms with van der Waals surface area (Å²) < 4.78 is 5.52. The summed E-state index contributed by atoms with van der Waals surface area (Å²) in [7, 11) is 0. The molecule has 3 nitrogen and oxygen atoms in total. The number of nitrogens with one attached hydrogen (secondary N) is 1. The molecule has 100 valence electrons. The Labute approximate surface area is 110 Å². The molecule has 2 saturated carbocycles. The molecule has 0 aromatic carbocycles. The van der Waals surface area contributed by atoms with Gasteiger partial charge in [0.15, 0.2) is 0 Å². The zero-order chi connectivity index (χ0) is 12.4. The highest BCUT2D eigenvalue weighted by Gasteiger charge is 2.41. The van der Waals surface area contributed by atoms with Gasteiger partial charge in [0.05, 0.1) is 12.8 Å². The van der Waals surface area contributed by atoms with Crippen LogP contribution >= 0.6 is 0 Å². The van der Waals surface area contributed by atoms with Gasteiger partial charge in [-0.05, 0) is 56.8 Å². The summed E-state index contributed by atoms with van der Waals surface area (Å²) in [6.07, 6.45) is 7.31. The first-order chi connectivity index (χ1) is 8.88. The average Bonchev–Trinajstić information content (AvgIpc) is 3.06.